The highest BCUT2D eigenvalue weighted by molar-refractivity contribution is 5.87. The summed E-state index contributed by atoms with van der Waals surface area (Å²) in [5, 5.41) is 15.5. The molecule has 1 N–H and O–H groups in total. The Bertz CT molecular complexity index is 1170. The van der Waals surface area contributed by atoms with Gasteiger partial charge >= 0.3 is 0 Å². The number of phenolic OH excluding ortho intramolecular Hbond substituents is 1. The maximum absolute atomic E-state index is 12.6. The first kappa shape index (κ1) is 18.9. The van der Waals surface area contributed by atoms with E-state index in [0.717, 1.165) is 55.5 Å². The van der Waals surface area contributed by atoms with E-state index in [9.17, 15) is 9.90 Å². The van der Waals surface area contributed by atoms with Gasteiger partial charge in [0.2, 0.25) is 0 Å². The zero-order valence-corrected chi connectivity index (χ0v) is 17.9. The minimum Gasteiger partial charge on any atom is -0.507 e. The summed E-state index contributed by atoms with van der Waals surface area (Å²) in [5.41, 5.74) is 5.29. The van der Waals surface area contributed by atoms with Crippen LogP contribution in [0.2, 0.25) is 0 Å². The number of carbonyl (C=O) groups excluding carboxylic acids is 1. The molecule has 31 heavy (non-hydrogen) atoms. The number of aromatic hydroxyl groups is 1. The first-order valence-corrected chi connectivity index (χ1v) is 11.5. The predicted octanol–water partition coefficient (Wildman–Crippen LogP) is 5.67. The monoisotopic (exact) mass is 412 g/mol. The summed E-state index contributed by atoms with van der Waals surface area (Å²) in [5.74, 6) is 2.39. The zero-order chi connectivity index (χ0) is 21.2. The Morgan fingerprint density at radius 2 is 1.90 bits per heavy atom. The number of hydrogen-bond donors (Lipinski definition) is 1. The third kappa shape index (κ3) is 2.73. The fraction of sp³-hybridized carbons (Fsp3) is 0.407. The first-order valence-electron chi connectivity index (χ1n) is 11.5. The Hall–Kier alpha value is -2.88. The van der Waals surface area contributed by atoms with Crippen LogP contribution in [0.4, 0.5) is 0 Å². The van der Waals surface area contributed by atoms with Crippen molar-refractivity contribution in [2.24, 2.45) is 17.3 Å². The summed E-state index contributed by atoms with van der Waals surface area (Å²) >= 11 is 0. The molecule has 0 aliphatic heterocycles. The fourth-order valence-corrected chi connectivity index (χ4v) is 6.87. The molecule has 158 valence electrons. The molecular weight excluding hydrogens is 384 g/mol. The average molecular weight is 413 g/mol. The summed E-state index contributed by atoms with van der Waals surface area (Å²) in [7, 11) is 0. The van der Waals surface area contributed by atoms with Crippen LogP contribution < -0.4 is 0 Å². The molecular formula is C27H28N2O2. The molecule has 0 radical (unpaired) electrons. The van der Waals surface area contributed by atoms with Gasteiger partial charge in [-0.15, -0.1) is 0 Å². The van der Waals surface area contributed by atoms with Crippen LogP contribution in [-0.2, 0) is 11.2 Å². The van der Waals surface area contributed by atoms with Crippen LogP contribution in [0.15, 0.2) is 54.7 Å². The lowest BCUT2D eigenvalue weighted by molar-refractivity contribution is -0.129. The van der Waals surface area contributed by atoms with Crippen LogP contribution in [0.25, 0.3) is 16.9 Å². The van der Waals surface area contributed by atoms with Crippen LogP contribution in [-0.4, -0.2) is 20.7 Å². The molecule has 4 atom stereocenters. The summed E-state index contributed by atoms with van der Waals surface area (Å²) in [6.45, 7) is 2.22. The van der Waals surface area contributed by atoms with Crippen LogP contribution in [0.5, 0.6) is 5.75 Å². The zero-order valence-electron chi connectivity index (χ0n) is 17.9. The van der Waals surface area contributed by atoms with Gasteiger partial charge in [-0.2, -0.15) is 5.10 Å². The van der Waals surface area contributed by atoms with Crippen LogP contribution in [0.1, 0.15) is 56.1 Å². The van der Waals surface area contributed by atoms with Gasteiger partial charge in [0.25, 0.3) is 0 Å². The summed E-state index contributed by atoms with van der Waals surface area (Å²) in [6, 6.07) is 16.2. The van der Waals surface area contributed by atoms with Crippen molar-refractivity contribution in [2.45, 2.75) is 51.4 Å². The number of para-hydroxylation sites is 1. The maximum atomic E-state index is 12.6. The Kier molecular flexibility index (Phi) is 4.14. The normalized spacial score (nSPS) is 29.3. The van der Waals surface area contributed by atoms with Crippen molar-refractivity contribution in [3.8, 4) is 22.7 Å². The number of phenols is 1. The molecule has 0 bridgehead atoms. The Morgan fingerprint density at radius 1 is 1.06 bits per heavy atom. The van der Waals surface area contributed by atoms with E-state index in [2.05, 4.69) is 18.1 Å². The number of aromatic nitrogens is 2. The molecule has 0 unspecified atom stereocenters. The van der Waals surface area contributed by atoms with Gasteiger partial charge < -0.3 is 5.11 Å². The number of benzene rings is 2. The molecule has 1 heterocycles. The highest BCUT2D eigenvalue weighted by Crippen LogP contribution is 2.60. The van der Waals surface area contributed by atoms with E-state index in [-0.39, 0.29) is 5.41 Å². The lowest BCUT2D eigenvalue weighted by Crippen LogP contribution is -2.42. The van der Waals surface area contributed by atoms with Crippen molar-refractivity contribution in [1.82, 2.24) is 9.78 Å². The Balaban J connectivity index is 1.43. The van der Waals surface area contributed by atoms with Gasteiger partial charge in [0.05, 0.1) is 17.6 Å². The van der Waals surface area contributed by atoms with Crippen molar-refractivity contribution in [3.05, 3.63) is 65.9 Å². The van der Waals surface area contributed by atoms with E-state index < -0.39 is 0 Å². The highest BCUT2D eigenvalue weighted by atomic mass is 16.3. The Morgan fingerprint density at radius 3 is 2.74 bits per heavy atom. The largest absolute Gasteiger partial charge is 0.507 e. The van der Waals surface area contributed by atoms with Gasteiger partial charge in [-0.3, -0.25) is 4.79 Å². The minimum absolute atomic E-state index is 0.107. The van der Waals surface area contributed by atoms with E-state index in [1.807, 2.05) is 47.1 Å². The van der Waals surface area contributed by atoms with E-state index >= 15 is 0 Å². The van der Waals surface area contributed by atoms with Crippen molar-refractivity contribution in [1.29, 1.82) is 0 Å². The first-order chi connectivity index (χ1) is 15.1. The topological polar surface area (TPSA) is 55.1 Å². The Labute approximate surface area is 182 Å². The third-order valence-electron chi connectivity index (χ3n) is 8.47. The molecule has 2 saturated carbocycles. The summed E-state index contributed by atoms with van der Waals surface area (Å²) < 4.78 is 1.90. The molecule has 3 aromatic rings. The molecule has 0 amide bonds. The number of ketones is 1. The standard InChI is InChI=1S/C27H28N2O2/c1-27-13-11-19-20(23(27)9-10-26(27)31)8-7-17-15-25(30)22(16-21(17)19)24-12-14-28-29(24)18-5-3-2-4-6-18/h2-6,12,14-16,19-20,23,30H,7-11,13H2,1H3/t19-,20+,23-,27+/m0/s1. The molecule has 2 aromatic carbocycles. The lowest BCUT2D eigenvalue weighted by Gasteiger charge is -2.48. The van der Waals surface area contributed by atoms with E-state index in [1.165, 1.54) is 11.1 Å². The van der Waals surface area contributed by atoms with Crippen molar-refractivity contribution < 1.29 is 9.90 Å². The van der Waals surface area contributed by atoms with Gasteiger partial charge in [-0.1, -0.05) is 25.1 Å². The third-order valence-corrected chi connectivity index (χ3v) is 8.47. The molecule has 4 heteroatoms. The SMILES string of the molecule is C[C@@]12CC[C@@H]3c4cc(-c5ccnn5-c5ccccc5)c(O)cc4CC[C@H]3[C@@H]1CCC2=O. The number of carbonyl (C=O) groups is 1. The van der Waals surface area contributed by atoms with Gasteiger partial charge in [0.1, 0.15) is 11.5 Å². The van der Waals surface area contributed by atoms with Crippen LogP contribution in [0, 0.1) is 17.3 Å². The van der Waals surface area contributed by atoms with Crippen LogP contribution in [0.3, 0.4) is 0 Å². The number of aryl methyl sites for hydroxylation is 1. The molecule has 4 nitrogen and oxygen atoms in total. The summed E-state index contributed by atoms with van der Waals surface area (Å²) in [4.78, 5) is 12.6. The number of hydrogen-bond acceptors (Lipinski definition) is 3. The molecule has 3 aliphatic rings. The van der Waals surface area contributed by atoms with Crippen LogP contribution >= 0.6 is 0 Å². The second-order valence-corrected chi connectivity index (χ2v) is 9.87. The second kappa shape index (κ2) is 6.81. The average Bonchev–Trinajstić information content (AvgIpc) is 3.38. The summed E-state index contributed by atoms with van der Waals surface area (Å²) in [6.07, 6.45) is 7.79. The minimum atomic E-state index is -0.107. The molecule has 0 spiro atoms. The van der Waals surface area contributed by atoms with Gasteiger partial charge in [0, 0.05) is 17.4 Å². The van der Waals surface area contributed by atoms with E-state index in [1.54, 1.807) is 6.20 Å². The van der Waals surface area contributed by atoms with Gasteiger partial charge in [-0.25, -0.2) is 4.68 Å². The maximum Gasteiger partial charge on any atom is 0.139 e. The fourth-order valence-electron chi connectivity index (χ4n) is 6.87. The van der Waals surface area contributed by atoms with E-state index in [0.29, 0.717) is 29.3 Å². The van der Waals surface area contributed by atoms with Crippen molar-refractivity contribution in [2.75, 3.05) is 0 Å². The molecule has 6 rings (SSSR count). The molecule has 0 saturated heterocycles. The van der Waals surface area contributed by atoms with Gasteiger partial charge in [0.15, 0.2) is 0 Å². The number of Topliss-reactive ketones (excluding diaryl/α,β-unsaturated/α-hetero) is 1. The number of rotatable bonds is 2. The number of fused-ring (bicyclic) bond motifs is 5. The quantitative estimate of drug-likeness (QED) is 0.590. The highest BCUT2D eigenvalue weighted by Gasteiger charge is 2.54. The smallest absolute Gasteiger partial charge is 0.139 e. The van der Waals surface area contributed by atoms with E-state index in [4.69, 9.17) is 0 Å². The predicted molar refractivity (Wildman–Crippen MR) is 120 cm³/mol. The molecule has 3 aliphatic carbocycles. The lowest BCUT2D eigenvalue weighted by atomic mass is 9.55. The second-order valence-electron chi connectivity index (χ2n) is 9.87. The van der Waals surface area contributed by atoms with Crippen molar-refractivity contribution in [3.63, 3.8) is 0 Å². The molecule has 2 fully saturated rings. The molecule has 1 aromatic heterocycles. The van der Waals surface area contributed by atoms with Gasteiger partial charge in [-0.05, 0) is 91.3 Å². The van der Waals surface area contributed by atoms with Crippen molar-refractivity contribution >= 4 is 5.78 Å². The number of nitrogens with zero attached hydrogens (tertiary/aromatic N) is 2.